The van der Waals surface area contributed by atoms with E-state index in [-0.39, 0.29) is 24.4 Å². The maximum atomic E-state index is 13.3. The van der Waals surface area contributed by atoms with Crippen LogP contribution in [-0.4, -0.2) is 35.8 Å². The molecule has 1 heterocycles. The number of aliphatic hydroxyl groups excluding tert-OH is 1. The number of methoxy groups -OCH3 is 1. The molecule has 130 valence electrons. The number of ether oxygens (including phenoxy) is 1. The van der Waals surface area contributed by atoms with Gasteiger partial charge in [0, 0.05) is 28.7 Å². The van der Waals surface area contributed by atoms with Gasteiger partial charge in [0.1, 0.15) is 11.6 Å². The van der Waals surface area contributed by atoms with Crippen molar-refractivity contribution in [2.24, 2.45) is 0 Å². The summed E-state index contributed by atoms with van der Waals surface area (Å²) in [5.74, 6) is -0.189. The number of aromatic amines is 1. The standard InChI is InChI=1S/C19H19FN2O3/c1-11(10-23)22-19(24)15-5-3-12(7-18(15)25-2)16-9-21-17-8-13(20)4-6-14(16)17/h3-9,11,21,23H,10H2,1-2H3,(H,22,24)/t11-/m1/s1. The van der Waals surface area contributed by atoms with E-state index in [1.807, 2.05) is 6.07 Å². The minimum atomic E-state index is -0.347. The van der Waals surface area contributed by atoms with Crippen LogP contribution in [-0.2, 0) is 0 Å². The Bertz CT molecular complexity index is 920. The highest BCUT2D eigenvalue weighted by Gasteiger charge is 2.16. The summed E-state index contributed by atoms with van der Waals surface area (Å²) in [5, 5.41) is 12.6. The predicted molar refractivity (Wildman–Crippen MR) is 94.3 cm³/mol. The Morgan fingerprint density at radius 1 is 1.32 bits per heavy atom. The van der Waals surface area contributed by atoms with Gasteiger partial charge < -0.3 is 20.1 Å². The van der Waals surface area contributed by atoms with Crippen LogP contribution in [0, 0.1) is 5.82 Å². The first-order valence-electron chi connectivity index (χ1n) is 7.90. The number of fused-ring (bicyclic) bond motifs is 1. The van der Waals surface area contributed by atoms with Crippen molar-refractivity contribution in [1.29, 1.82) is 0 Å². The van der Waals surface area contributed by atoms with Gasteiger partial charge in [-0.25, -0.2) is 4.39 Å². The first-order chi connectivity index (χ1) is 12.0. The minimum absolute atomic E-state index is 0.141. The highest BCUT2D eigenvalue weighted by atomic mass is 19.1. The maximum absolute atomic E-state index is 13.3. The molecule has 0 aliphatic carbocycles. The molecule has 2 aromatic carbocycles. The number of hydrogen-bond donors (Lipinski definition) is 3. The molecular weight excluding hydrogens is 323 g/mol. The fourth-order valence-electron chi connectivity index (χ4n) is 2.73. The molecule has 0 radical (unpaired) electrons. The lowest BCUT2D eigenvalue weighted by Crippen LogP contribution is -2.35. The van der Waals surface area contributed by atoms with Crippen molar-refractivity contribution in [2.45, 2.75) is 13.0 Å². The zero-order valence-electron chi connectivity index (χ0n) is 14.0. The number of aliphatic hydroxyl groups is 1. The van der Waals surface area contributed by atoms with Crippen molar-refractivity contribution < 1.29 is 19.0 Å². The normalized spacial score (nSPS) is 12.2. The Hall–Kier alpha value is -2.86. The fourth-order valence-corrected chi connectivity index (χ4v) is 2.73. The monoisotopic (exact) mass is 342 g/mol. The molecule has 1 atom stereocenters. The molecule has 1 aromatic heterocycles. The summed E-state index contributed by atoms with van der Waals surface area (Å²) in [5.41, 5.74) is 2.83. The summed E-state index contributed by atoms with van der Waals surface area (Å²) in [6.45, 7) is 1.57. The second-order valence-corrected chi connectivity index (χ2v) is 5.86. The van der Waals surface area contributed by atoms with Crippen molar-refractivity contribution in [2.75, 3.05) is 13.7 Å². The molecule has 0 bridgehead atoms. The van der Waals surface area contributed by atoms with Crippen LogP contribution in [0.2, 0.25) is 0 Å². The lowest BCUT2D eigenvalue weighted by Gasteiger charge is -2.14. The number of benzene rings is 2. The Kier molecular flexibility index (Phi) is 4.72. The van der Waals surface area contributed by atoms with Gasteiger partial charge in [0.25, 0.3) is 5.91 Å². The van der Waals surface area contributed by atoms with Crippen LogP contribution in [0.4, 0.5) is 4.39 Å². The number of hydrogen-bond acceptors (Lipinski definition) is 3. The third-order valence-corrected chi connectivity index (χ3v) is 4.05. The number of halogens is 1. The van der Waals surface area contributed by atoms with Gasteiger partial charge in [-0.15, -0.1) is 0 Å². The number of H-pyrrole nitrogens is 1. The van der Waals surface area contributed by atoms with E-state index in [9.17, 15) is 9.18 Å². The largest absolute Gasteiger partial charge is 0.496 e. The van der Waals surface area contributed by atoms with Crippen molar-refractivity contribution in [3.8, 4) is 16.9 Å². The van der Waals surface area contributed by atoms with Gasteiger partial charge in [-0.05, 0) is 42.8 Å². The second kappa shape index (κ2) is 6.94. The van der Waals surface area contributed by atoms with E-state index in [2.05, 4.69) is 10.3 Å². The van der Waals surface area contributed by atoms with Gasteiger partial charge in [0.15, 0.2) is 0 Å². The smallest absolute Gasteiger partial charge is 0.255 e. The van der Waals surface area contributed by atoms with E-state index in [0.717, 1.165) is 16.5 Å². The fraction of sp³-hybridized carbons (Fsp3) is 0.211. The summed E-state index contributed by atoms with van der Waals surface area (Å²) >= 11 is 0. The number of nitrogens with one attached hydrogen (secondary N) is 2. The average molecular weight is 342 g/mol. The Labute approximate surface area is 144 Å². The Morgan fingerprint density at radius 3 is 2.84 bits per heavy atom. The first-order valence-corrected chi connectivity index (χ1v) is 7.90. The van der Waals surface area contributed by atoms with Crippen LogP contribution in [0.3, 0.4) is 0 Å². The van der Waals surface area contributed by atoms with Crippen LogP contribution in [0.1, 0.15) is 17.3 Å². The lowest BCUT2D eigenvalue weighted by atomic mass is 10.0. The molecule has 3 N–H and O–H groups in total. The quantitative estimate of drug-likeness (QED) is 0.667. The van der Waals surface area contributed by atoms with Gasteiger partial charge in [0.2, 0.25) is 0 Å². The van der Waals surface area contributed by atoms with E-state index < -0.39 is 0 Å². The summed E-state index contributed by atoms with van der Waals surface area (Å²) in [7, 11) is 1.50. The first kappa shape index (κ1) is 17.0. The molecule has 0 spiro atoms. The number of aromatic nitrogens is 1. The highest BCUT2D eigenvalue weighted by Crippen LogP contribution is 2.32. The SMILES string of the molecule is COc1cc(-c2c[nH]c3cc(F)ccc23)ccc1C(=O)N[C@H](C)CO. The van der Waals surface area contributed by atoms with Gasteiger partial charge in [-0.2, -0.15) is 0 Å². The van der Waals surface area contributed by atoms with Gasteiger partial charge in [-0.3, -0.25) is 4.79 Å². The third-order valence-electron chi connectivity index (χ3n) is 4.05. The molecule has 0 saturated heterocycles. The Balaban J connectivity index is 1.99. The zero-order valence-corrected chi connectivity index (χ0v) is 14.0. The predicted octanol–water partition coefficient (Wildman–Crippen LogP) is 3.09. The van der Waals surface area contributed by atoms with Crippen LogP contribution < -0.4 is 10.1 Å². The molecule has 0 fully saturated rings. The topological polar surface area (TPSA) is 74.4 Å². The molecule has 1 amide bonds. The molecule has 25 heavy (non-hydrogen) atoms. The summed E-state index contributed by atoms with van der Waals surface area (Å²) < 4.78 is 18.7. The van der Waals surface area contributed by atoms with Crippen molar-refractivity contribution in [3.05, 3.63) is 54.0 Å². The molecule has 6 heteroatoms. The maximum Gasteiger partial charge on any atom is 0.255 e. The van der Waals surface area contributed by atoms with E-state index in [1.54, 1.807) is 31.3 Å². The van der Waals surface area contributed by atoms with Crippen LogP contribution in [0.15, 0.2) is 42.6 Å². The molecule has 0 aliphatic heterocycles. The number of carbonyl (C=O) groups excluding carboxylic acids is 1. The minimum Gasteiger partial charge on any atom is -0.496 e. The number of amides is 1. The Morgan fingerprint density at radius 2 is 2.12 bits per heavy atom. The third kappa shape index (κ3) is 3.34. The number of rotatable bonds is 5. The van der Waals surface area contributed by atoms with Gasteiger partial charge in [0.05, 0.1) is 19.3 Å². The summed E-state index contributed by atoms with van der Waals surface area (Å²) in [6, 6.07) is 9.48. The second-order valence-electron chi connectivity index (χ2n) is 5.86. The van der Waals surface area contributed by atoms with E-state index in [4.69, 9.17) is 9.84 Å². The van der Waals surface area contributed by atoms with Crippen molar-refractivity contribution >= 4 is 16.8 Å². The molecule has 0 unspecified atom stereocenters. The average Bonchev–Trinajstić information content (AvgIpc) is 3.03. The van der Waals surface area contributed by atoms with E-state index in [1.165, 1.54) is 19.2 Å². The van der Waals surface area contributed by atoms with Crippen LogP contribution >= 0.6 is 0 Å². The molecule has 3 rings (SSSR count). The molecule has 0 saturated carbocycles. The summed E-state index contributed by atoms with van der Waals surface area (Å²) in [6.07, 6.45) is 1.80. The highest BCUT2D eigenvalue weighted by molar-refractivity contribution is 6.00. The molecular formula is C19H19FN2O3. The van der Waals surface area contributed by atoms with Crippen LogP contribution in [0.25, 0.3) is 22.0 Å². The summed E-state index contributed by atoms with van der Waals surface area (Å²) in [4.78, 5) is 15.3. The van der Waals surface area contributed by atoms with E-state index >= 15 is 0 Å². The number of carbonyl (C=O) groups is 1. The van der Waals surface area contributed by atoms with Crippen molar-refractivity contribution in [3.63, 3.8) is 0 Å². The van der Waals surface area contributed by atoms with E-state index in [0.29, 0.717) is 16.8 Å². The van der Waals surface area contributed by atoms with Crippen LogP contribution in [0.5, 0.6) is 5.75 Å². The van der Waals surface area contributed by atoms with Gasteiger partial charge in [-0.1, -0.05) is 6.07 Å². The lowest BCUT2D eigenvalue weighted by molar-refractivity contribution is 0.0919. The molecule has 5 nitrogen and oxygen atoms in total. The zero-order chi connectivity index (χ0) is 18.0. The van der Waals surface area contributed by atoms with Crippen molar-refractivity contribution in [1.82, 2.24) is 10.3 Å². The van der Waals surface area contributed by atoms with Gasteiger partial charge >= 0.3 is 0 Å². The molecule has 0 aliphatic rings. The molecule has 3 aromatic rings.